The third-order valence-electron chi connectivity index (χ3n) is 4.37. The summed E-state index contributed by atoms with van der Waals surface area (Å²) in [6.45, 7) is 4.52. The predicted molar refractivity (Wildman–Crippen MR) is 88.5 cm³/mol. The highest BCUT2D eigenvalue weighted by molar-refractivity contribution is 7.10. The molecule has 1 aromatic heterocycles. The Labute approximate surface area is 131 Å². The lowest BCUT2D eigenvalue weighted by Crippen LogP contribution is -2.39. The summed E-state index contributed by atoms with van der Waals surface area (Å²) >= 11 is 1.84. The summed E-state index contributed by atoms with van der Waals surface area (Å²) in [6, 6.07) is 13.3. The molecule has 1 fully saturated rings. The molecule has 0 bridgehead atoms. The zero-order valence-corrected chi connectivity index (χ0v) is 13.4. The number of rotatable bonds is 4. The number of hydrogen-bond donors (Lipinski definition) is 1. The van der Waals surface area contributed by atoms with Gasteiger partial charge in [0.1, 0.15) is 0 Å². The van der Waals surface area contributed by atoms with Crippen LogP contribution < -0.4 is 0 Å². The third-order valence-corrected chi connectivity index (χ3v) is 5.49. The molecule has 1 aromatic carbocycles. The zero-order chi connectivity index (χ0) is 14.7. The number of aliphatic hydroxyl groups excluding tert-OH is 1. The summed E-state index contributed by atoms with van der Waals surface area (Å²) in [5.41, 5.74) is 2.69. The number of benzene rings is 1. The van der Waals surface area contributed by atoms with Crippen molar-refractivity contribution < 1.29 is 5.11 Å². The van der Waals surface area contributed by atoms with E-state index in [0.717, 1.165) is 19.5 Å². The van der Waals surface area contributed by atoms with Crippen molar-refractivity contribution in [2.75, 3.05) is 13.2 Å². The van der Waals surface area contributed by atoms with Crippen molar-refractivity contribution in [3.8, 4) is 0 Å². The second-order valence-corrected chi connectivity index (χ2v) is 6.96. The van der Waals surface area contributed by atoms with Crippen LogP contribution in [0.1, 0.15) is 34.9 Å². The van der Waals surface area contributed by atoms with Gasteiger partial charge in [0.2, 0.25) is 0 Å². The van der Waals surface area contributed by atoms with Crippen molar-refractivity contribution in [1.82, 2.24) is 4.90 Å². The minimum atomic E-state index is 0.285. The molecule has 1 saturated heterocycles. The molecule has 1 aliphatic rings. The Balaban J connectivity index is 1.85. The first-order valence-electron chi connectivity index (χ1n) is 7.72. The fourth-order valence-electron chi connectivity index (χ4n) is 3.36. The van der Waals surface area contributed by atoms with E-state index < -0.39 is 0 Å². The molecule has 1 N–H and O–H groups in total. The molecule has 2 heterocycles. The van der Waals surface area contributed by atoms with Crippen LogP contribution in [0.3, 0.4) is 0 Å². The topological polar surface area (TPSA) is 23.5 Å². The average Bonchev–Trinajstić information content (AvgIpc) is 2.94. The van der Waals surface area contributed by atoms with Crippen LogP contribution in [0.2, 0.25) is 0 Å². The van der Waals surface area contributed by atoms with Crippen LogP contribution in [0, 0.1) is 12.8 Å². The fourth-order valence-corrected chi connectivity index (χ4v) is 4.48. The van der Waals surface area contributed by atoms with Gasteiger partial charge >= 0.3 is 0 Å². The molecule has 112 valence electrons. The second-order valence-electron chi connectivity index (χ2n) is 6.01. The van der Waals surface area contributed by atoms with Gasteiger partial charge in [0.15, 0.2) is 0 Å². The van der Waals surface area contributed by atoms with Gasteiger partial charge in [-0.2, -0.15) is 0 Å². The average molecular weight is 301 g/mol. The molecule has 1 aliphatic heterocycles. The first-order chi connectivity index (χ1) is 10.3. The smallest absolute Gasteiger partial charge is 0.0495 e. The van der Waals surface area contributed by atoms with Gasteiger partial charge < -0.3 is 5.11 Å². The summed E-state index contributed by atoms with van der Waals surface area (Å²) in [5.74, 6) is 0.362. The number of thiophene rings is 1. The summed E-state index contributed by atoms with van der Waals surface area (Å²) in [5, 5.41) is 12.0. The lowest BCUT2D eigenvalue weighted by atomic mass is 9.88. The highest BCUT2D eigenvalue weighted by atomic mass is 32.1. The molecule has 0 radical (unpaired) electrons. The second kappa shape index (κ2) is 6.73. The molecular formula is C18H23NOS. The molecule has 0 amide bonds. The Hall–Kier alpha value is -1.16. The highest BCUT2D eigenvalue weighted by Crippen LogP contribution is 2.39. The molecule has 2 nitrogen and oxygen atoms in total. The van der Waals surface area contributed by atoms with Crippen LogP contribution in [0.5, 0.6) is 0 Å². The number of likely N-dealkylation sites (tertiary alicyclic amines) is 1. The van der Waals surface area contributed by atoms with E-state index in [1.54, 1.807) is 0 Å². The Kier molecular flexibility index (Phi) is 4.73. The van der Waals surface area contributed by atoms with Crippen molar-refractivity contribution in [2.45, 2.75) is 32.4 Å². The van der Waals surface area contributed by atoms with Gasteiger partial charge in [-0.25, -0.2) is 0 Å². The van der Waals surface area contributed by atoms with Gasteiger partial charge in [-0.1, -0.05) is 30.3 Å². The monoisotopic (exact) mass is 301 g/mol. The van der Waals surface area contributed by atoms with Crippen LogP contribution in [0.25, 0.3) is 0 Å². The maximum Gasteiger partial charge on any atom is 0.0495 e. The van der Waals surface area contributed by atoms with Crippen LogP contribution in [0.15, 0.2) is 41.8 Å². The van der Waals surface area contributed by atoms with Gasteiger partial charge in [-0.15, -0.1) is 11.3 Å². The lowest BCUT2D eigenvalue weighted by Gasteiger charge is -2.40. The number of hydrogen-bond acceptors (Lipinski definition) is 3. The SMILES string of the molecule is Cc1csc(C2C(CO)CCCN2Cc2ccccc2)c1. The van der Waals surface area contributed by atoms with Gasteiger partial charge in [0.25, 0.3) is 0 Å². The van der Waals surface area contributed by atoms with Gasteiger partial charge in [-0.05, 0) is 48.9 Å². The summed E-state index contributed by atoms with van der Waals surface area (Å²) in [6.07, 6.45) is 2.31. The molecular weight excluding hydrogens is 278 g/mol. The number of aryl methyl sites for hydroxylation is 1. The largest absolute Gasteiger partial charge is 0.396 e. The Morgan fingerprint density at radius 2 is 2.10 bits per heavy atom. The van der Waals surface area contributed by atoms with E-state index in [-0.39, 0.29) is 6.61 Å². The maximum atomic E-state index is 9.79. The van der Waals surface area contributed by atoms with Crippen molar-refractivity contribution >= 4 is 11.3 Å². The van der Waals surface area contributed by atoms with Crippen LogP contribution in [-0.2, 0) is 6.54 Å². The molecule has 2 atom stereocenters. The normalized spacial score (nSPS) is 23.3. The van der Waals surface area contributed by atoms with Gasteiger partial charge in [0.05, 0.1) is 0 Å². The van der Waals surface area contributed by atoms with E-state index in [2.05, 4.69) is 53.6 Å². The van der Waals surface area contributed by atoms with E-state index in [0.29, 0.717) is 12.0 Å². The Morgan fingerprint density at radius 3 is 2.76 bits per heavy atom. The molecule has 0 aliphatic carbocycles. The summed E-state index contributed by atoms with van der Waals surface area (Å²) in [7, 11) is 0. The van der Waals surface area contributed by atoms with Gasteiger partial charge in [0, 0.05) is 30.0 Å². The summed E-state index contributed by atoms with van der Waals surface area (Å²) < 4.78 is 0. The van der Waals surface area contributed by atoms with E-state index in [1.807, 2.05) is 11.3 Å². The molecule has 2 unspecified atom stereocenters. The molecule has 2 aromatic rings. The minimum Gasteiger partial charge on any atom is -0.396 e. The van der Waals surface area contributed by atoms with Crippen molar-refractivity contribution in [2.24, 2.45) is 5.92 Å². The number of piperidine rings is 1. The first kappa shape index (κ1) is 14.8. The lowest BCUT2D eigenvalue weighted by molar-refractivity contribution is 0.0514. The zero-order valence-electron chi connectivity index (χ0n) is 12.5. The quantitative estimate of drug-likeness (QED) is 0.922. The molecule has 0 saturated carbocycles. The Morgan fingerprint density at radius 1 is 1.29 bits per heavy atom. The van der Waals surface area contributed by atoms with Crippen molar-refractivity contribution in [3.05, 3.63) is 57.8 Å². The van der Waals surface area contributed by atoms with E-state index >= 15 is 0 Å². The number of aliphatic hydroxyl groups is 1. The minimum absolute atomic E-state index is 0.285. The maximum absolute atomic E-state index is 9.79. The molecule has 21 heavy (non-hydrogen) atoms. The van der Waals surface area contributed by atoms with Crippen molar-refractivity contribution in [3.63, 3.8) is 0 Å². The van der Waals surface area contributed by atoms with Gasteiger partial charge in [-0.3, -0.25) is 4.90 Å². The predicted octanol–water partition coefficient (Wildman–Crippen LogP) is 4.00. The molecule has 3 rings (SSSR count). The van der Waals surface area contributed by atoms with Crippen LogP contribution in [0.4, 0.5) is 0 Å². The third kappa shape index (κ3) is 3.37. The summed E-state index contributed by atoms with van der Waals surface area (Å²) in [4.78, 5) is 3.95. The first-order valence-corrected chi connectivity index (χ1v) is 8.60. The van der Waals surface area contributed by atoms with E-state index in [9.17, 15) is 5.11 Å². The molecule has 0 spiro atoms. The standard InChI is InChI=1S/C18H23NOS/c1-14-10-17(21-13-14)18-16(12-20)8-5-9-19(18)11-15-6-3-2-4-7-15/h2-4,6-7,10,13,16,18,20H,5,8-9,11-12H2,1H3. The molecule has 3 heteroatoms. The van der Waals surface area contributed by atoms with E-state index in [4.69, 9.17) is 0 Å². The van der Waals surface area contributed by atoms with Crippen LogP contribution in [-0.4, -0.2) is 23.2 Å². The highest BCUT2D eigenvalue weighted by Gasteiger charge is 2.33. The van der Waals surface area contributed by atoms with Crippen molar-refractivity contribution in [1.29, 1.82) is 0 Å². The Bertz CT molecular complexity index is 566. The van der Waals surface area contributed by atoms with Crippen LogP contribution >= 0.6 is 11.3 Å². The fraction of sp³-hybridized carbons (Fsp3) is 0.444. The van der Waals surface area contributed by atoms with E-state index in [1.165, 1.54) is 22.4 Å². The number of nitrogens with zero attached hydrogens (tertiary/aromatic N) is 1.